The van der Waals surface area contributed by atoms with Gasteiger partial charge in [-0.05, 0) is 35.0 Å². The van der Waals surface area contributed by atoms with Crippen molar-refractivity contribution >= 4 is 24.6 Å². The van der Waals surface area contributed by atoms with Crippen molar-refractivity contribution in [2.45, 2.75) is 0 Å². The molecule has 0 fully saturated rings. The van der Waals surface area contributed by atoms with Crippen LogP contribution in [0.25, 0.3) is 10.8 Å². The third kappa shape index (κ3) is 3.77. The van der Waals surface area contributed by atoms with Gasteiger partial charge in [0.15, 0.2) is 0 Å². The second-order valence-electron chi connectivity index (χ2n) is 4.79. The lowest BCUT2D eigenvalue weighted by molar-refractivity contribution is -0.211. The molecular weight excluding hydrogens is 315 g/mol. The Morgan fingerprint density at radius 3 is 2.26 bits per heavy atom. The first kappa shape index (κ1) is 15.3. The third-order valence-electron chi connectivity index (χ3n) is 3.14. The first-order valence-corrected chi connectivity index (χ1v) is 8.28. The molecule has 5 nitrogen and oxygen atoms in total. The number of fused-ring (bicyclic) bond motifs is 1. The predicted molar refractivity (Wildman–Crippen MR) is 84.0 cm³/mol. The molecule has 6 heteroatoms. The number of hydrogen-bond acceptors (Lipinski definition) is 5. The lowest BCUT2D eigenvalue weighted by Gasteiger charge is -2.22. The fraction of sp³-hybridized carbons (Fsp3) is 0. The second-order valence-corrected chi connectivity index (χ2v) is 6.05. The average molecular weight is 327 g/mol. The highest BCUT2D eigenvalue weighted by Gasteiger charge is 2.18. The summed E-state index contributed by atoms with van der Waals surface area (Å²) in [6.45, 7) is 0. The van der Waals surface area contributed by atoms with Crippen LogP contribution in [0.5, 0.6) is 5.75 Å². The van der Waals surface area contributed by atoms with Gasteiger partial charge in [0.1, 0.15) is 5.75 Å². The Morgan fingerprint density at radius 1 is 0.870 bits per heavy atom. The summed E-state index contributed by atoms with van der Waals surface area (Å²) in [6, 6.07) is 20.1. The second kappa shape index (κ2) is 6.24. The fourth-order valence-electron chi connectivity index (χ4n) is 2.10. The van der Waals surface area contributed by atoms with Crippen molar-refractivity contribution in [3.05, 3.63) is 78.4 Å². The SMILES string of the molecule is O=C(OP(=O)([O-])Oc1ccc2ccccc2c1)c1ccccc1. The van der Waals surface area contributed by atoms with E-state index in [1.807, 2.05) is 24.3 Å². The molecule has 0 saturated heterocycles. The van der Waals surface area contributed by atoms with E-state index in [1.54, 1.807) is 30.3 Å². The molecule has 0 aliphatic carbocycles. The minimum atomic E-state index is -4.81. The Bertz CT molecular complexity index is 892. The van der Waals surface area contributed by atoms with Crippen molar-refractivity contribution < 1.29 is 23.3 Å². The number of rotatable bonds is 4. The maximum absolute atomic E-state index is 11.9. The number of phosphoric ester groups is 1. The number of phosphoric acid groups is 1. The van der Waals surface area contributed by atoms with Crippen LogP contribution in [0.15, 0.2) is 72.8 Å². The first-order valence-electron chi connectivity index (χ1n) is 6.82. The molecule has 0 saturated carbocycles. The number of carbonyl (C=O) groups is 1. The highest BCUT2D eigenvalue weighted by Crippen LogP contribution is 2.41. The van der Waals surface area contributed by atoms with Gasteiger partial charge in [0, 0.05) is 0 Å². The smallest absolute Gasteiger partial charge is 0.374 e. The quantitative estimate of drug-likeness (QED) is 0.685. The molecule has 0 aliphatic heterocycles. The van der Waals surface area contributed by atoms with Gasteiger partial charge in [0.05, 0.1) is 5.56 Å². The van der Waals surface area contributed by atoms with Gasteiger partial charge in [-0.15, -0.1) is 0 Å². The van der Waals surface area contributed by atoms with Crippen LogP contribution in [-0.4, -0.2) is 5.97 Å². The summed E-state index contributed by atoms with van der Waals surface area (Å²) < 4.78 is 21.2. The van der Waals surface area contributed by atoms with Crippen LogP contribution in [0, 0.1) is 0 Å². The molecule has 1 unspecified atom stereocenters. The van der Waals surface area contributed by atoms with Crippen LogP contribution in [0.3, 0.4) is 0 Å². The maximum Gasteiger partial charge on any atom is 0.374 e. The van der Waals surface area contributed by atoms with Gasteiger partial charge < -0.3 is 13.9 Å². The summed E-state index contributed by atoms with van der Waals surface area (Å²) in [5, 5.41) is 1.77. The van der Waals surface area contributed by atoms with Crippen molar-refractivity contribution in [3.8, 4) is 5.75 Å². The van der Waals surface area contributed by atoms with E-state index in [2.05, 4.69) is 4.52 Å². The van der Waals surface area contributed by atoms with Crippen LogP contribution in [0.2, 0.25) is 0 Å². The highest BCUT2D eigenvalue weighted by molar-refractivity contribution is 7.47. The summed E-state index contributed by atoms with van der Waals surface area (Å²) in [5.41, 5.74) is 0.130. The predicted octanol–water partition coefficient (Wildman–Crippen LogP) is 3.54. The molecule has 0 radical (unpaired) electrons. The molecule has 1 atom stereocenters. The Labute approximate surface area is 132 Å². The lowest BCUT2D eigenvalue weighted by Crippen LogP contribution is -2.15. The zero-order chi connectivity index (χ0) is 16.3. The molecule has 0 heterocycles. The lowest BCUT2D eigenvalue weighted by atomic mass is 10.1. The van der Waals surface area contributed by atoms with Gasteiger partial charge in [-0.2, -0.15) is 0 Å². The third-order valence-corrected chi connectivity index (χ3v) is 3.97. The Kier molecular flexibility index (Phi) is 4.15. The van der Waals surface area contributed by atoms with E-state index in [0.29, 0.717) is 0 Å². The molecule has 3 aromatic carbocycles. The molecule has 0 N–H and O–H groups in total. The maximum atomic E-state index is 11.9. The minimum Gasteiger partial charge on any atom is -0.736 e. The average Bonchev–Trinajstić information content (AvgIpc) is 2.54. The summed E-state index contributed by atoms with van der Waals surface area (Å²) >= 11 is 0. The van der Waals surface area contributed by atoms with Gasteiger partial charge in [0.2, 0.25) is 0 Å². The molecule has 0 bridgehead atoms. The fourth-order valence-corrected chi connectivity index (χ4v) is 2.82. The van der Waals surface area contributed by atoms with E-state index in [0.717, 1.165) is 10.8 Å². The summed E-state index contributed by atoms with van der Waals surface area (Å²) in [6.07, 6.45) is 0. The molecule has 116 valence electrons. The van der Waals surface area contributed by atoms with E-state index in [4.69, 9.17) is 4.52 Å². The molecule has 0 amide bonds. The van der Waals surface area contributed by atoms with E-state index >= 15 is 0 Å². The normalized spacial score (nSPS) is 13.3. The van der Waals surface area contributed by atoms with Crippen molar-refractivity contribution in [2.75, 3.05) is 0 Å². The van der Waals surface area contributed by atoms with E-state index in [-0.39, 0.29) is 11.3 Å². The van der Waals surface area contributed by atoms with Crippen molar-refractivity contribution in [1.82, 2.24) is 0 Å². The van der Waals surface area contributed by atoms with Crippen LogP contribution in [0.4, 0.5) is 0 Å². The molecule has 23 heavy (non-hydrogen) atoms. The molecule has 0 aliphatic rings. The van der Waals surface area contributed by atoms with Crippen molar-refractivity contribution in [3.63, 3.8) is 0 Å². The molecule has 0 spiro atoms. The standard InChI is InChI=1S/C17H13O5P/c18-17(14-7-2-1-3-8-14)22-23(19,20)21-16-11-10-13-6-4-5-9-15(13)12-16/h1-12H,(H,19,20)/p-1. The number of benzene rings is 3. The zero-order valence-corrected chi connectivity index (χ0v) is 12.8. The Morgan fingerprint density at radius 2 is 1.52 bits per heavy atom. The topological polar surface area (TPSA) is 75.7 Å². The highest BCUT2D eigenvalue weighted by atomic mass is 31.2. The van der Waals surface area contributed by atoms with Gasteiger partial charge in [-0.3, -0.25) is 0 Å². The van der Waals surface area contributed by atoms with Crippen LogP contribution >= 0.6 is 7.82 Å². The molecular formula is C17H12O5P-. The van der Waals surface area contributed by atoms with Crippen molar-refractivity contribution in [1.29, 1.82) is 0 Å². The zero-order valence-electron chi connectivity index (χ0n) is 11.9. The van der Waals surface area contributed by atoms with E-state index in [9.17, 15) is 14.3 Å². The molecule has 3 rings (SSSR count). The van der Waals surface area contributed by atoms with E-state index in [1.165, 1.54) is 18.2 Å². The largest absolute Gasteiger partial charge is 0.736 e. The molecule has 0 aromatic heterocycles. The summed E-state index contributed by atoms with van der Waals surface area (Å²) in [4.78, 5) is 23.7. The van der Waals surface area contributed by atoms with Crippen LogP contribution in [0.1, 0.15) is 10.4 Å². The van der Waals surface area contributed by atoms with Gasteiger partial charge in [-0.1, -0.05) is 48.5 Å². The minimum absolute atomic E-state index is 0.0860. The summed E-state index contributed by atoms with van der Waals surface area (Å²) in [5.74, 6) is -0.896. The first-order chi connectivity index (χ1) is 11.0. The summed E-state index contributed by atoms with van der Waals surface area (Å²) in [7, 11) is -4.81. The van der Waals surface area contributed by atoms with Gasteiger partial charge in [-0.25, -0.2) is 9.36 Å². The Balaban J connectivity index is 1.77. The van der Waals surface area contributed by atoms with Gasteiger partial charge in [0.25, 0.3) is 0 Å². The van der Waals surface area contributed by atoms with E-state index < -0.39 is 13.8 Å². The number of carbonyl (C=O) groups excluding carboxylic acids is 1. The van der Waals surface area contributed by atoms with Gasteiger partial charge >= 0.3 is 13.8 Å². The van der Waals surface area contributed by atoms with Crippen LogP contribution < -0.4 is 9.42 Å². The number of hydrogen-bond donors (Lipinski definition) is 0. The van der Waals surface area contributed by atoms with Crippen molar-refractivity contribution in [2.24, 2.45) is 0 Å². The molecule has 3 aromatic rings. The monoisotopic (exact) mass is 327 g/mol. The Hall–Kier alpha value is -2.62. The van der Waals surface area contributed by atoms with Crippen LogP contribution in [-0.2, 0) is 9.09 Å².